The molecule has 0 unspecified atom stereocenters. The average molecular weight is 273 g/mol. The number of hydrogen-bond donors (Lipinski definition) is 1. The lowest BCUT2D eigenvalue weighted by Gasteiger charge is -2.25. The van der Waals surface area contributed by atoms with Crippen molar-refractivity contribution in [1.82, 2.24) is 4.90 Å². The zero-order valence-corrected chi connectivity index (χ0v) is 10.9. The molecule has 1 fully saturated rings. The van der Waals surface area contributed by atoms with Crippen LogP contribution < -0.4 is 4.74 Å². The number of para-hydroxylation sites is 1. The summed E-state index contributed by atoms with van der Waals surface area (Å²) in [5, 5.41) is 9.14. The summed E-state index contributed by atoms with van der Waals surface area (Å²) in [6.45, 7) is 0.688. The van der Waals surface area contributed by atoms with E-state index in [1.807, 2.05) is 24.3 Å². The molecule has 0 spiro atoms. The molecule has 104 valence electrons. The summed E-state index contributed by atoms with van der Waals surface area (Å²) in [5.41, 5.74) is 1.37. The van der Waals surface area contributed by atoms with Crippen LogP contribution in [0.15, 0.2) is 29.8 Å². The molecule has 2 aliphatic rings. The molecule has 2 aliphatic heterocycles. The van der Waals surface area contributed by atoms with Gasteiger partial charge in [0.05, 0.1) is 5.57 Å². The SMILES string of the molecule is O=C(O)[C@@H]1CCCN1C(=O)C1=Cc2ccccc2OC1. The molecule has 5 nitrogen and oxygen atoms in total. The number of benzene rings is 1. The van der Waals surface area contributed by atoms with Gasteiger partial charge in [-0.25, -0.2) is 4.79 Å². The first-order valence-corrected chi connectivity index (χ1v) is 6.63. The fraction of sp³-hybridized carbons (Fsp3) is 0.333. The van der Waals surface area contributed by atoms with E-state index in [0.29, 0.717) is 18.5 Å². The number of carbonyl (C=O) groups excluding carboxylic acids is 1. The smallest absolute Gasteiger partial charge is 0.326 e. The molecule has 0 saturated carbocycles. The molecule has 1 atom stereocenters. The summed E-state index contributed by atoms with van der Waals surface area (Å²) in [7, 11) is 0. The van der Waals surface area contributed by atoms with Crippen molar-refractivity contribution in [2.24, 2.45) is 0 Å². The predicted molar refractivity (Wildman–Crippen MR) is 72.3 cm³/mol. The van der Waals surface area contributed by atoms with E-state index in [0.717, 1.165) is 17.7 Å². The topological polar surface area (TPSA) is 66.8 Å². The van der Waals surface area contributed by atoms with Crippen molar-refractivity contribution in [3.05, 3.63) is 35.4 Å². The third kappa shape index (κ3) is 2.15. The molecule has 0 bridgehead atoms. The van der Waals surface area contributed by atoms with E-state index in [1.165, 1.54) is 4.90 Å². The Morgan fingerprint density at radius 2 is 2.10 bits per heavy atom. The average Bonchev–Trinajstić information content (AvgIpc) is 2.95. The molecule has 20 heavy (non-hydrogen) atoms. The number of carboxylic acids is 1. The van der Waals surface area contributed by atoms with Gasteiger partial charge in [0.1, 0.15) is 18.4 Å². The highest BCUT2D eigenvalue weighted by Crippen LogP contribution is 2.28. The molecular weight excluding hydrogens is 258 g/mol. The van der Waals surface area contributed by atoms with Gasteiger partial charge in [0.2, 0.25) is 0 Å². The summed E-state index contributed by atoms with van der Waals surface area (Å²) in [6, 6.07) is 6.77. The second kappa shape index (κ2) is 5.00. The van der Waals surface area contributed by atoms with Crippen LogP contribution >= 0.6 is 0 Å². The number of hydrogen-bond acceptors (Lipinski definition) is 3. The Balaban J connectivity index is 1.85. The molecule has 2 heterocycles. The van der Waals surface area contributed by atoms with Crippen LogP contribution in [0.3, 0.4) is 0 Å². The van der Waals surface area contributed by atoms with Crippen LogP contribution in [0.5, 0.6) is 5.75 Å². The van der Waals surface area contributed by atoms with Crippen LogP contribution in [0.2, 0.25) is 0 Å². The monoisotopic (exact) mass is 273 g/mol. The Morgan fingerprint density at radius 3 is 2.90 bits per heavy atom. The van der Waals surface area contributed by atoms with E-state index in [-0.39, 0.29) is 12.5 Å². The number of rotatable bonds is 2. The molecule has 1 amide bonds. The van der Waals surface area contributed by atoms with Crippen molar-refractivity contribution in [1.29, 1.82) is 0 Å². The number of fused-ring (bicyclic) bond motifs is 1. The number of amides is 1. The summed E-state index contributed by atoms with van der Waals surface area (Å²) in [5.74, 6) is -0.418. The number of likely N-dealkylation sites (tertiary alicyclic amines) is 1. The van der Waals surface area contributed by atoms with Crippen LogP contribution in [0.1, 0.15) is 18.4 Å². The van der Waals surface area contributed by atoms with Crippen LogP contribution in [0.25, 0.3) is 6.08 Å². The van der Waals surface area contributed by atoms with Gasteiger partial charge in [0.15, 0.2) is 0 Å². The number of aliphatic carboxylic acids is 1. The number of carbonyl (C=O) groups is 2. The second-order valence-electron chi connectivity index (χ2n) is 4.99. The van der Waals surface area contributed by atoms with E-state index >= 15 is 0 Å². The normalized spacial score (nSPS) is 20.9. The lowest BCUT2D eigenvalue weighted by Crippen LogP contribution is -2.42. The van der Waals surface area contributed by atoms with Gasteiger partial charge in [-0.1, -0.05) is 18.2 Å². The van der Waals surface area contributed by atoms with E-state index in [1.54, 1.807) is 6.08 Å². The molecule has 0 aromatic heterocycles. The highest BCUT2D eigenvalue weighted by atomic mass is 16.5. The highest BCUT2D eigenvalue weighted by Gasteiger charge is 2.35. The third-order valence-electron chi connectivity index (χ3n) is 3.71. The van der Waals surface area contributed by atoms with Crippen LogP contribution in [-0.4, -0.2) is 41.1 Å². The zero-order valence-electron chi connectivity index (χ0n) is 10.9. The fourth-order valence-corrected chi connectivity index (χ4v) is 2.69. The van der Waals surface area contributed by atoms with Crippen molar-refractivity contribution in [2.45, 2.75) is 18.9 Å². The van der Waals surface area contributed by atoms with Gasteiger partial charge in [-0.15, -0.1) is 0 Å². The Bertz CT molecular complexity index is 593. The standard InChI is InChI=1S/C15H15NO4/c17-14(16-7-3-5-12(16)15(18)19)11-8-10-4-1-2-6-13(10)20-9-11/h1-2,4,6,8,12H,3,5,7,9H2,(H,18,19)/t12-/m0/s1. The highest BCUT2D eigenvalue weighted by molar-refractivity contribution is 6.01. The largest absolute Gasteiger partial charge is 0.488 e. The molecule has 1 N–H and O–H groups in total. The quantitative estimate of drug-likeness (QED) is 0.887. The third-order valence-corrected chi connectivity index (χ3v) is 3.71. The van der Waals surface area contributed by atoms with Crippen LogP contribution in [0.4, 0.5) is 0 Å². The first kappa shape index (κ1) is 12.7. The fourth-order valence-electron chi connectivity index (χ4n) is 2.69. The summed E-state index contributed by atoms with van der Waals surface area (Å²) >= 11 is 0. The van der Waals surface area contributed by atoms with Gasteiger partial charge in [-0.3, -0.25) is 4.79 Å². The van der Waals surface area contributed by atoms with Crippen molar-refractivity contribution in [2.75, 3.05) is 13.2 Å². The molecule has 3 rings (SSSR count). The molecule has 1 aromatic carbocycles. The minimum absolute atomic E-state index is 0.193. The summed E-state index contributed by atoms with van der Waals surface area (Å²) in [6.07, 6.45) is 3.04. The van der Waals surface area contributed by atoms with Crippen molar-refractivity contribution < 1.29 is 19.4 Å². The Kier molecular flexibility index (Phi) is 3.18. The lowest BCUT2D eigenvalue weighted by molar-refractivity contribution is -0.147. The molecular formula is C15H15NO4. The van der Waals surface area contributed by atoms with Crippen molar-refractivity contribution in [3.8, 4) is 5.75 Å². The number of carboxylic acid groups (broad SMARTS) is 1. The molecule has 1 saturated heterocycles. The van der Waals surface area contributed by atoms with Gasteiger partial charge in [0, 0.05) is 12.1 Å². The lowest BCUT2D eigenvalue weighted by atomic mass is 10.1. The Hall–Kier alpha value is -2.30. The molecule has 0 aliphatic carbocycles. The maximum absolute atomic E-state index is 12.4. The van der Waals surface area contributed by atoms with Gasteiger partial charge in [-0.05, 0) is 25.0 Å². The Labute approximate surface area is 116 Å². The molecule has 5 heteroatoms. The first-order chi connectivity index (χ1) is 9.66. The predicted octanol–water partition coefficient (Wildman–Crippen LogP) is 1.54. The minimum atomic E-state index is -0.937. The van der Waals surface area contributed by atoms with Gasteiger partial charge >= 0.3 is 5.97 Å². The van der Waals surface area contributed by atoms with Gasteiger partial charge in [0.25, 0.3) is 5.91 Å². The van der Waals surface area contributed by atoms with Crippen LogP contribution in [-0.2, 0) is 9.59 Å². The van der Waals surface area contributed by atoms with Gasteiger partial charge < -0.3 is 14.7 Å². The maximum Gasteiger partial charge on any atom is 0.326 e. The second-order valence-corrected chi connectivity index (χ2v) is 4.99. The van der Waals surface area contributed by atoms with E-state index in [9.17, 15) is 9.59 Å². The first-order valence-electron chi connectivity index (χ1n) is 6.63. The van der Waals surface area contributed by atoms with Crippen molar-refractivity contribution in [3.63, 3.8) is 0 Å². The summed E-state index contributed by atoms with van der Waals surface area (Å²) < 4.78 is 5.55. The number of ether oxygens (including phenoxy) is 1. The minimum Gasteiger partial charge on any atom is -0.488 e. The van der Waals surface area contributed by atoms with E-state index in [4.69, 9.17) is 9.84 Å². The Morgan fingerprint density at radius 1 is 1.30 bits per heavy atom. The van der Waals surface area contributed by atoms with Crippen molar-refractivity contribution >= 4 is 18.0 Å². The molecule has 0 radical (unpaired) electrons. The summed E-state index contributed by atoms with van der Waals surface area (Å²) in [4.78, 5) is 25.0. The van der Waals surface area contributed by atoms with Crippen LogP contribution in [0, 0.1) is 0 Å². The zero-order chi connectivity index (χ0) is 14.1. The van der Waals surface area contributed by atoms with E-state index in [2.05, 4.69) is 0 Å². The van der Waals surface area contributed by atoms with Gasteiger partial charge in [-0.2, -0.15) is 0 Å². The molecule has 1 aromatic rings. The number of nitrogens with zero attached hydrogens (tertiary/aromatic N) is 1. The maximum atomic E-state index is 12.4. The van der Waals surface area contributed by atoms with E-state index < -0.39 is 12.0 Å².